The zero-order valence-electron chi connectivity index (χ0n) is 11.8. The molecule has 1 aliphatic rings. The molecular weight excluding hydrogens is 274 g/mol. The van der Waals surface area contributed by atoms with Crippen molar-refractivity contribution in [3.05, 3.63) is 18.0 Å². The van der Waals surface area contributed by atoms with Crippen molar-refractivity contribution in [3.8, 4) is 5.88 Å². The highest BCUT2D eigenvalue weighted by Crippen LogP contribution is 2.33. The van der Waals surface area contributed by atoms with Gasteiger partial charge in [-0.25, -0.2) is 4.98 Å². The highest BCUT2D eigenvalue weighted by molar-refractivity contribution is 6.17. The molecular formula is C15H20ClN3O. The second-order valence-electron chi connectivity index (χ2n) is 5.40. The summed E-state index contributed by atoms with van der Waals surface area (Å²) >= 11 is 5.89. The van der Waals surface area contributed by atoms with Gasteiger partial charge in [0.2, 0.25) is 5.88 Å². The van der Waals surface area contributed by atoms with Gasteiger partial charge in [-0.1, -0.05) is 12.8 Å². The van der Waals surface area contributed by atoms with E-state index in [9.17, 15) is 0 Å². The fourth-order valence-corrected chi connectivity index (χ4v) is 2.77. The van der Waals surface area contributed by atoms with Gasteiger partial charge in [-0.05, 0) is 24.8 Å². The Kier molecular flexibility index (Phi) is 4.10. The number of aryl methyl sites for hydroxylation is 2. The second kappa shape index (κ2) is 6.00. The molecule has 2 aromatic rings. The summed E-state index contributed by atoms with van der Waals surface area (Å²) in [5.74, 6) is 3.22. The smallest absolute Gasteiger partial charge is 0.215 e. The minimum Gasteiger partial charge on any atom is -0.481 e. The van der Waals surface area contributed by atoms with Gasteiger partial charge in [-0.2, -0.15) is 4.98 Å². The molecule has 1 aliphatic carbocycles. The molecule has 1 saturated carbocycles. The lowest BCUT2D eigenvalue weighted by molar-refractivity contribution is 0.398. The van der Waals surface area contributed by atoms with Crippen LogP contribution in [0.15, 0.2) is 12.1 Å². The van der Waals surface area contributed by atoms with Crippen molar-refractivity contribution in [1.82, 2.24) is 14.5 Å². The molecule has 2 aromatic heterocycles. The van der Waals surface area contributed by atoms with Gasteiger partial charge in [0.15, 0.2) is 5.65 Å². The summed E-state index contributed by atoms with van der Waals surface area (Å²) in [6.45, 7) is 0.972. The molecule has 0 radical (unpaired) electrons. The average Bonchev–Trinajstić information content (AvgIpc) is 3.22. The topological polar surface area (TPSA) is 39.9 Å². The number of hydrogen-bond acceptors (Lipinski definition) is 3. The second-order valence-corrected chi connectivity index (χ2v) is 5.78. The van der Waals surface area contributed by atoms with E-state index in [0.29, 0.717) is 11.8 Å². The van der Waals surface area contributed by atoms with E-state index in [4.69, 9.17) is 16.3 Å². The first kappa shape index (κ1) is 13.7. The van der Waals surface area contributed by atoms with E-state index in [-0.39, 0.29) is 0 Å². The largest absolute Gasteiger partial charge is 0.481 e. The monoisotopic (exact) mass is 293 g/mol. The van der Waals surface area contributed by atoms with E-state index in [1.165, 1.54) is 25.7 Å². The molecule has 0 bridgehead atoms. The molecule has 20 heavy (non-hydrogen) atoms. The molecule has 108 valence electrons. The number of hydrogen-bond donors (Lipinski definition) is 0. The first-order valence-electron chi connectivity index (χ1n) is 7.28. The van der Waals surface area contributed by atoms with Crippen LogP contribution < -0.4 is 4.74 Å². The molecule has 0 atom stereocenters. The summed E-state index contributed by atoms with van der Waals surface area (Å²) in [4.78, 5) is 9.20. The summed E-state index contributed by atoms with van der Waals surface area (Å²) in [7, 11) is 1.64. The quantitative estimate of drug-likeness (QED) is 0.735. The number of aromatic nitrogens is 3. The molecule has 0 spiro atoms. The van der Waals surface area contributed by atoms with Crippen molar-refractivity contribution in [2.75, 3.05) is 13.0 Å². The standard InChI is InChI=1S/C15H20ClN3O/c1-20-14-7-6-12-15(18-14)19(13(17-12)8-9-16)10-2-3-11-4-5-11/h6-7,11H,2-5,8-10H2,1H3. The van der Waals surface area contributed by atoms with E-state index >= 15 is 0 Å². The summed E-state index contributed by atoms with van der Waals surface area (Å²) in [6.07, 6.45) is 6.09. The van der Waals surface area contributed by atoms with Crippen LogP contribution in [0.25, 0.3) is 11.2 Å². The Morgan fingerprint density at radius 3 is 2.90 bits per heavy atom. The van der Waals surface area contributed by atoms with Gasteiger partial charge in [0, 0.05) is 24.9 Å². The molecule has 1 fully saturated rings. The number of halogens is 1. The summed E-state index contributed by atoms with van der Waals surface area (Å²) in [5.41, 5.74) is 1.85. The number of pyridine rings is 1. The third kappa shape index (κ3) is 2.90. The van der Waals surface area contributed by atoms with Crippen LogP contribution in [0.2, 0.25) is 0 Å². The first-order chi connectivity index (χ1) is 9.81. The lowest BCUT2D eigenvalue weighted by Crippen LogP contribution is -2.06. The highest BCUT2D eigenvalue weighted by Gasteiger charge is 2.21. The summed E-state index contributed by atoms with van der Waals surface area (Å²) < 4.78 is 7.43. The fourth-order valence-electron chi connectivity index (χ4n) is 2.60. The van der Waals surface area contributed by atoms with E-state index in [1.807, 2.05) is 12.1 Å². The SMILES string of the molecule is COc1ccc2nc(CCCl)n(CCCC3CC3)c2n1. The summed E-state index contributed by atoms with van der Waals surface area (Å²) in [6, 6.07) is 3.82. The van der Waals surface area contributed by atoms with E-state index < -0.39 is 0 Å². The van der Waals surface area contributed by atoms with Crippen molar-refractivity contribution >= 4 is 22.8 Å². The molecule has 0 unspecified atom stereocenters. The Hall–Kier alpha value is -1.29. The van der Waals surface area contributed by atoms with Crippen LogP contribution in [-0.4, -0.2) is 27.5 Å². The van der Waals surface area contributed by atoms with Crippen molar-refractivity contribution in [3.63, 3.8) is 0 Å². The predicted octanol–water partition coefficient (Wildman–Crippen LogP) is 3.41. The molecule has 0 aliphatic heterocycles. The fraction of sp³-hybridized carbons (Fsp3) is 0.600. The Balaban J connectivity index is 1.88. The number of imidazole rings is 1. The molecule has 0 saturated heterocycles. The van der Waals surface area contributed by atoms with Gasteiger partial charge in [0.1, 0.15) is 11.3 Å². The summed E-state index contributed by atoms with van der Waals surface area (Å²) in [5, 5.41) is 0. The Labute approximate surface area is 124 Å². The molecule has 0 amide bonds. The van der Waals surface area contributed by atoms with Gasteiger partial charge >= 0.3 is 0 Å². The molecule has 4 nitrogen and oxygen atoms in total. The van der Waals surface area contributed by atoms with E-state index in [0.717, 1.165) is 35.9 Å². The molecule has 0 N–H and O–H groups in total. The minimum absolute atomic E-state index is 0.586. The average molecular weight is 294 g/mol. The van der Waals surface area contributed by atoms with Crippen molar-refractivity contribution in [1.29, 1.82) is 0 Å². The van der Waals surface area contributed by atoms with Gasteiger partial charge < -0.3 is 9.30 Å². The maximum absolute atomic E-state index is 5.89. The van der Waals surface area contributed by atoms with Crippen LogP contribution in [0.1, 0.15) is 31.5 Å². The highest BCUT2D eigenvalue weighted by atomic mass is 35.5. The molecule has 5 heteroatoms. The normalized spacial score (nSPS) is 14.9. The predicted molar refractivity (Wildman–Crippen MR) is 80.5 cm³/mol. The van der Waals surface area contributed by atoms with Crippen LogP contribution in [0.4, 0.5) is 0 Å². The van der Waals surface area contributed by atoms with Gasteiger partial charge in [0.05, 0.1) is 7.11 Å². The van der Waals surface area contributed by atoms with Crippen LogP contribution in [0.5, 0.6) is 5.88 Å². The van der Waals surface area contributed by atoms with Crippen LogP contribution in [0, 0.1) is 5.92 Å². The zero-order valence-corrected chi connectivity index (χ0v) is 12.6. The van der Waals surface area contributed by atoms with Crippen LogP contribution in [-0.2, 0) is 13.0 Å². The minimum atomic E-state index is 0.586. The number of fused-ring (bicyclic) bond motifs is 1. The number of nitrogens with zero attached hydrogens (tertiary/aromatic N) is 3. The maximum Gasteiger partial charge on any atom is 0.215 e. The van der Waals surface area contributed by atoms with E-state index in [2.05, 4.69) is 14.5 Å². The lowest BCUT2D eigenvalue weighted by atomic mass is 10.2. The van der Waals surface area contributed by atoms with Crippen LogP contribution in [0.3, 0.4) is 0 Å². The third-order valence-electron chi connectivity index (χ3n) is 3.86. The maximum atomic E-state index is 5.89. The lowest BCUT2D eigenvalue weighted by Gasteiger charge is -2.08. The first-order valence-corrected chi connectivity index (χ1v) is 7.81. The Morgan fingerprint density at radius 2 is 2.20 bits per heavy atom. The number of alkyl halides is 1. The Bertz CT molecular complexity index is 592. The van der Waals surface area contributed by atoms with Crippen LogP contribution >= 0.6 is 11.6 Å². The molecule has 2 heterocycles. The van der Waals surface area contributed by atoms with Gasteiger partial charge in [0.25, 0.3) is 0 Å². The number of ether oxygens (including phenoxy) is 1. The molecule has 3 rings (SSSR count). The van der Waals surface area contributed by atoms with Gasteiger partial charge in [-0.15, -0.1) is 11.6 Å². The number of rotatable bonds is 7. The number of methoxy groups -OCH3 is 1. The van der Waals surface area contributed by atoms with Crippen molar-refractivity contribution in [2.45, 2.75) is 38.6 Å². The third-order valence-corrected chi connectivity index (χ3v) is 4.05. The zero-order chi connectivity index (χ0) is 13.9. The van der Waals surface area contributed by atoms with Gasteiger partial charge in [-0.3, -0.25) is 0 Å². The Morgan fingerprint density at radius 1 is 1.35 bits per heavy atom. The van der Waals surface area contributed by atoms with Crippen molar-refractivity contribution < 1.29 is 4.74 Å². The molecule has 0 aromatic carbocycles. The van der Waals surface area contributed by atoms with Crippen molar-refractivity contribution in [2.24, 2.45) is 5.92 Å². The van der Waals surface area contributed by atoms with E-state index in [1.54, 1.807) is 7.11 Å².